The quantitative estimate of drug-likeness (QED) is 0.615. The summed E-state index contributed by atoms with van der Waals surface area (Å²) < 4.78 is 1.83. The molecule has 23 heavy (non-hydrogen) atoms. The Labute approximate surface area is 132 Å². The average molecular weight is 302 g/mol. The molecule has 0 unspecified atom stereocenters. The summed E-state index contributed by atoms with van der Waals surface area (Å²) in [6.07, 6.45) is 3.56. The number of hydrogen-bond donors (Lipinski definition) is 1. The van der Waals surface area contributed by atoms with Crippen LogP contribution in [0.3, 0.4) is 0 Å². The highest BCUT2D eigenvalue weighted by atomic mass is 15.2. The zero-order chi connectivity index (χ0) is 15.8. The minimum absolute atomic E-state index is 0.254. The predicted molar refractivity (Wildman–Crippen MR) is 88.6 cm³/mol. The Hall–Kier alpha value is -3.28. The standard InChI is InChI=1S/C17H14N6/c1-11-4-2-6-14(20-11)15-10-16-12(5-3-9-23(16)22-15)13-7-8-19-17(18)21-13/h2-10H,1H3,(H2,18,19,21). The highest BCUT2D eigenvalue weighted by molar-refractivity contribution is 5.81. The molecule has 2 N–H and O–H groups in total. The second-order valence-corrected chi connectivity index (χ2v) is 5.25. The first-order chi connectivity index (χ1) is 11.2. The van der Waals surface area contributed by atoms with E-state index >= 15 is 0 Å². The smallest absolute Gasteiger partial charge is 0.220 e. The summed E-state index contributed by atoms with van der Waals surface area (Å²) in [6.45, 7) is 1.97. The zero-order valence-electron chi connectivity index (χ0n) is 12.5. The molecule has 4 rings (SSSR count). The molecule has 4 heterocycles. The molecule has 0 radical (unpaired) electrons. The van der Waals surface area contributed by atoms with Gasteiger partial charge in [-0.2, -0.15) is 5.10 Å². The molecule has 0 bridgehead atoms. The van der Waals surface area contributed by atoms with E-state index in [-0.39, 0.29) is 5.95 Å². The van der Waals surface area contributed by atoms with Crippen LogP contribution >= 0.6 is 0 Å². The molecule has 0 atom stereocenters. The maximum absolute atomic E-state index is 5.70. The highest BCUT2D eigenvalue weighted by Gasteiger charge is 2.11. The topological polar surface area (TPSA) is 82.0 Å². The van der Waals surface area contributed by atoms with Crippen LogP contribution in [0.5, 0.6) is 0 Å². The fourth-order valence-electron chi connectivity index (χ4n) is 2.57. The van der Waals surface area contributed by atoms with Crippen LogP contribution in [-0.2, 0) is 0 Å². The van der Waals surface area contributed by atoms with Crippen molar-refractivity contribution in [2.75, 3.05) is 5.73 Å². The third-order valence-electron chi connectivity index (χ3n) is 3.60. The van der Waals surface area contributed by atoms with Gasteiger partial charge < -0.3 is 5.73 Å². The number of nitrogens with two attached hydrogens (primary N) is 1. The van der Waals surface area contributed by atoms with Gasteiger partial charge in [-0.15, -0.1) is 0 Å². The molecule has 0 aliphatic carbocycles. The van der Waals surface area contributed by atoms with Gasteiger partial charge in [0.25, 0.3) is 0 Å². The van der Waals surface area contributed by atoms with Crippen molar-refractivity contribution in [2.24, 2.45) is 0 Å². The van der Waals surface area contributed by atoms with E-state index in [1.54, 1.807) is 6.20 Å². The molecule has 0 saturated carbocycles. The first-order valence-corrected chi connectivity index (χ1v) is 7.22. The summed E-state index contributed by atoms with van der Waals surface area (Å²) in [5, 5.41) is 4.61. The van der Waals surface area contributed by atoms with Crippen LogP contribution in [0, 0.1) is 6.92 Å². The largest absolute Gasteiger partial charge is 0.368 e. The SMILES string of the molecule is Cc1cccc(-c2cc3c(-c4ccnc(N)n4)cccn3n2)n1. The van der Waals surface area contributed by atoms with Crippen LogP contribution in [0.15, 0.2) is 54.9 Å². The zero-order valence-corrected chi connectivity index (χ0v) is 12.5. The van der Waals surface area contributed by atoms with Crippen LogP contribution < -0.4 is 5.73 Å². The molecule has 4 aromatic rings. The molecular weight excluding hydrogens is 288 g/mol. The average Bonchev–Trinajstić information content (AvgIpc) is 2.99. The lowest BCUT2D eigenvalue weighted by molar-refractivity contribution is 0.961. The maximum Gasteiger partial charge on any atom is 0.220 e. The molecule has 0 spiro atoms. The Morgan fingerprint density at radius 3 is 2.70 bits per heavy atom. The van der Waals surface area contributed by atoms with Crippen molar-refractivity contribution in [2.45, 2.75) is 6.92 Å². The summed E-state index contributed by atoms with van der Waals surface area (Å²) in [5.41, 5.74) is 11.0. The van der Waals surface area contributed by atoms with Crippen molar-refractivity contribution < 1.29 is 0 Å². The van der Waals surface area contributed by atoms with Crippen LogP contribution in [0.25, 0.3) is 28.2 Å². The van der Waals surface area contributed by atoms with Crippen molar-refractivity contribution in [3.63, 3.8) is 0 Å². The molecule has 0 saturated heterocycles. The number of pyridine rings is 2. The van der Waals surface area contributed by atoms with Gasteiger partial charge in [0, 0.05) is 23.7 Å². The summed E-state index contributed by atoms with van der Waals surface area (Å²) in [6, 6.07) is 13.7. The monoisotopic (exact) mass is 302 g/mol. The molecule has 0 aromatic carbocycles. The molecule has 4 aromatic heterocycles. The number of aryl methyl sites for hydroxylation is 1. The van der Waals surface area contributed by atoms with E-state index in [0.717, 1.165) is 33.9 Å². The minimum Gasteiger partial charge on any atom is -0.368 e. The van der Waals surface area contributed by atoms with Crippen LogP contribution in [0.1, 0.15) is 5.69 Å². The second-order valence-electron chi connectivity index (χ2n) is 5.25. The fourth-order valence-corrected chi connectivity index (χ4v) is 2.57. The molecule has 112 valence electrons. The van der Waals surface area contributed by atoms with Gasteiger partial charge in [0.2, 0.25) is 5.95 Å². The van der Waals surface area contributed by atoms with Crippen LogP contribution in [0.2, 0.25) is 0 Å². The van der Waals surface area contributed by atoms with Crippen LogP contribution in [0.4, 0.5) is 5.95 Å². The van der Waals surface area contributed by atoms with Crippen molar-refractivity contribution in [1.82, 2.24) is 24.6 Å². The summed E-state index contributed by atoms with van der Waals surface area (Å²) in [5.74, 6) is 0.254. The molecule has 0 aliphatic rings. The van der Waals surface area contributed by atoms with Gasteiger partial charge in [0.1, 0.15) is 5.69 Å². The third-order valence-corrected chi connectivity index (χ3v) is 3.60. The fraction of sp³-hybridized carbons (Fsp3) is 0.0588. The van der Waals surface area contributed by atoms with E-state index < -0.39 is 0 Å². The number of hydrogen-bond acceptors (Lipinski definition) is 5. The summed E-state index contributed by atoms with van der Waals surface area (Å²) in [4.78, 5) is 12.8. The molecule has 6 heteroatoms. The number of fused-ring (bicyclic) bond motifs is 1. The van der Waals surface area contributed by atoms with E-state index in [1.807, 2.05) is 60.1 Å². The summed E-state index contributed by atoms with van der Waals surface area (Å²) in [7, 11) is 0. The van der Waals surface area contributed by atoms with Gasteiger partial charge in [0.05, 0.1) is 16.9 Å². The van der Waals surface area contributed by atoms with Crippen molar-refractivity contribution in [3.05, 3.63) is 60.6 Å². The molecule has 0 amide bonds. The van der Waals surface area contributed by atoms with E-state index in [4.69, 9.17) is 5.73 Å². The Bertz CT molecular complexity index is 1000. The Morgan fingerprint density at radius 1 is 0.957 bits per heavy atom. The predicted octanol–water partition coefficient (Wildman–Crippen LogP) is 2.74. The lowest BCUT2D eigenvalue weighted by Gasteiger charge is -2.03. The highest BCUT2D eigenvalue weighted by Crippen LogP contribution is 2.26. The van der Waals surface area contributed by atoms with Gasteiger partial charge >= 0.3 is 0 Å². The number of anilines is 1. The number of nitrogen functional groups attached to an aromatic ring is 1. The van der Waals surface area contributed by atoms with E-state index in [1.165, 1.54) is 0 Å². The van der Waals surface area contributed by atoms with Gasteiger partial charge in [-0.05, 0) is 43.3 Å². The van der Waals surface area contributed by atoms with Gasteiger partial charge in [-0.25, -0.2) is 14.5 Å². The normalized spacial score (nSPS) is 11.0. The lowest BCUT2D eigenvalue weighted by Crippen LogP contribution is -1.96. The van der Waals surface area contributed by atoms with Crippen molar-refractivity contribution in [3.8, 4) is 22.6 Å². The lowest BCUT2D eigenvalue weighted by atomic mass is 10.1. The first-order valence-electron chi connectivity index (χ1n) is 7.22. The van der Waals surface area contributed by atoms with Gasteiger partial charge in [0.15, 0.2) is 0 Å². The second kappa shape index (κ2) is 5.17. The Balaban J connectivity index is 1.91. The van der Waals surface area contributed by atoms with Gasteiger partial charge in [-0.3, -0.25) is 4.98 Å². The van der Waals surface area contributed by atoms with E-state index in [9.17, 15) is 0 Å². The van der Waals surface area contributed by atoms with Crippen molar-refractivity contribution in [1.29, 1.82) is 0 Å². The maximum atomic E-state index is 5.70. The first kappa shape index (κ1) is 13.4. The summed E-state index contributed by atoms with van der Waals surface area (Å²) >= 11 is 0. The molecule has 6 nitrogen and oxygen atoms in total. The van der Waals surface area contributed by atoms with E-state index in [0.29, 0.717) is 0 Å². The minimum atomic E-state index is 0.254. The Kier molecular flexibility index (Phi) is 3.01. The Morgan fingerprint density at radius 2 is 1.87 bits per heavy atom. The molecular formula is C17H14N6. The molecule has 0 fully saturated rings. The molecule has 0 aliphatic heterocycles. The van der Waals surface area contributed by atoms with Crippen LogP contribution in [-0.4, -0.2) is 24.6 Å². The van der Waals surface area contributed by atoms with Crippen molar-refractivity contribution >= 4 is 11.5 Å². The number of nitrogens with zero attached hydrogens (tertiary/aromatic N) is 5. The number of aromatic nitrogens is 5. The van der Waals surface area contributed by atoms with Gasteiger partial charge in [-0.1, -0.05) is 6.07 Å². The van der Waals surface area contributed by atoms with E-state index in [2.05, 4.69) is 20.1 Å². The third kappa shape index (κ3) is 2.40. The number of rotatable bonds is 2.